The van der Waals surface area contributed by atoms with Gasteiger partial charge in [0.2, 0.25) is 5.91 Å². The van der Waals surface area contributed by atoms with Crippen molar-refractivity contribution in [1.29, 1.82) is 0 Å². The van der Waals surface area contributed by atoms with Gasteiger partial charge < -0.3 is 9.70 Å². The monoisotopic (exact) mass is 315 g/mol. The highest BCUT2D eigenvalue weighted by Crippen LogP contribution is 2.44. The van der Waals surface area contributed by atoms with E-state index in [-0.39, 0.29) is 16.9 Å². The van der Waals surface area contributed by atoms with Crippen LogP contribution in [0, 0.1) is 12.8 Å². The standard InChI is InChI=1S/C17H26BNO2Si/c1-12-10-14(18)6-7-15(12)19-9-8-13(16(19)20)11-17(2,3)22(4,5)21/h6-7,10,13,21H,8-9,11H2,1-5H3. The minimum absolute atomic E-state index is 0.00544. The summed E-state index contributed by atoms with van der Waals surface area (Å²) in [6.45, 7) is 10.8. The Morgan fingerprint density at radius 3 is 2.59 bits per heavy atom. The van der Waals surface area contributed by atoms with Gasteiger partial charge in [0.25, 0.3) is 0 Å². The van der Waals surface area contributed by atoms with Gasteiger partial charge in [-0.25, -0.2) is 0 Å². The number of benzene rings is 1. The van der Waals surface area contributed by atoms with Crippen molar-refractivity contribution in [2.75, 3.05) is 11.4 Å². The molecule has 0 bridgehead atoms. The van der Waals surface area contributed by atoms with Crippen LogP contribution < -0.4 is 10.4 Å². The van der Waals surface area contributed by atoms with Crippen molar-refractivity contribution in [2.45, 2.75) is 51.7 Å². The van der Waals surface area contributed by atoms with Crippen LogP contribution in [0.25, 0.3) is 0 Å². The van der Waals surface area contributed by atoms with Crippen LogP contribution in [-0.4, -0.2) is 33.4 Å². The molecule has 1 atom stereocenters. The van der Waals surface area contributed by atoms with Gasteiger partial charge in [-0.1, -0.05) is 31.4 Å². The normalized spacial score (nSPS) is 19.8. The quantitative estimate of drug-likeness (QED) is 0.867. The number of anilines is 1. The number of carbonyl (C=O) groups excluding carboxylic acids is 1. The fraction of sp³-hybridized carbons (Fsp3) is 0.588. The second-order valence-electron chi connectivity index (χ2n) is 7.67. The number of nitrogens with zero attached hydrogens (tertiary/aromatic N) is 1. The molecular weight excluding hydrogens is 289 g/mol. The first-order valence-corrected chi connectivity index (χ1v) is 10.9. The average molecular weight is 315 g/mol. The van der Waals surface area contributed by atoms with Crippen molar-refractivity contribution in [3.05, 3.63) is 23.8 Å². The minimum Gasteiger partial charge on any atom is -0.432 e. The highest BCUT2D eigenvalue weighted by molar-refractivity contribution is 6.72. The Labute approximate surface area is 136 Å². The van der Waals surface area contributed by atoms with E-state index < -0.39 is 8.32 Å². The van der Waals surface area contributed by atoms with Gasteiger partial charge in [-0.3, -0.25) is 4.79 Å². The predicted octanol–water partition coefficient (Wildman–Crippen LogP) is 2.51. The molecule has 1 aliphatic rings. The Kier molecular flexibility index (Phi) is 4.60. The molecule has 1 unspecified atom stereocenters. The number of rotatable bonds is 4. The number of aryl methyl sites for hydroxylation is 1. The first-order valence-electron chi connectivity index (χ1n) is 7.93. The summed E-state index contributed by atoms with van der Waals surface area (Å²) in [6.07, 6.45) is 1.61. The molecule has 1 aromatic carbocycles. The molecule has 5 heteroatoms. The third-order valence-electron chi connectivity index (χ3n) is 5.24. The van der Waals surface area contributed by atoms with Crippen LogP contribution in [0.2, 0.25) is 18.1 Å². The van der Waals surface area contributed by atoms with Crippen LogP contribution in [0.15, 0.2) is 18.2 Å². The molecule has 2 rings (SSSR count). The highest BCUT2D eigenvalue weighted by atomic mass is 28.4. The van der Waals surface area contributed by atoms with Crippen LogP contribution >= 0.6 is 0 Å². The average Bonchev–Trinajstić information content (AvgIpc) is 2.69. The van der Waals surface area contributed by atoms with Gasteiger partial charge in [0.1, 0.15) is 7.85 Å². The van der Waals surface area contributed by atoms with Crippen LogP contribution in [0.5, 0.6) is 0 Å². The van der Waals surface area contributed by atoms with Crippen LogP contribution in [0.3, 0.4) is 0 Å². The molecule has 2 radical (unpaired) electrons. The molecule has 1 saturated heterocycles. The van der Waals surface area contributed by atoms with Crippen molar-refractivity contribution in [3.63, 3.8) is 0 Å². The van der Waals surface area contributed by atoms with Gasteiger partial charge in [-0.05, 0) is 49.5 Å². The van der Waals surface area contributed by atoms with E-state index in [1.807, 2.05) is 43.1 Å². The molecule has 0 aromatic heterocycles. The molecular formula is C17H26BNO2Si. The van der Waals surface area contributed by atoms with E-state index in [1.165, 1.54) is 0 Å². The number of hydrogen-bond acceptors (Lipinski definition) is 2. The fourth-order valence-corrected chi connectivity index (χ4v) is 3.76. The molecule has 1 amide bonds. The zero-order valence-electron chi connectivity index (χ0n) is 14.3. The first-order chi connectivity index (χ1) is 10.0. The molecule has 22 heavy (non-hydrogen) atoms. The summed E-state index contributed by atoms with van der Waals surface area (Å²) in [7, 11) is 3.50. The highest BCUT2D eigenvalue weighted by Gasteiger charge is 2.43. The lowest BCUT2D eigenvalue weighted by atomic mass is 9.93. The van der Waals surface area contributed by atoms with E-state index in [4.69, 9.17) is 7.85 Å². The predicted molar refractivity (Wildman–Crippen MR) is 95.4 cm³/mol. The summed E-state index contributed by atoms with van der Waals surface area (Å²) in [4.78, 5) is 25.1. The van der Waals surface area contributed by atoms with Crippen molar-refractivity contribution < 1.29 is 9.59 Å². The maximum Gasteiger partial charge on any atom is 0.230 e. The summed E-state index contributed by atoms with van der Waals surface area (Å²) in [5.74, 6) is 0.185. The third-order valence-corrected chi connectivity index (χ3v) is 8.76. The molecule has 0 saturated carbocycles. The molecule has 3 nitrogen and oxygen atoms in total. The molecule has 0 spiro atoms. The van der Waals surface area contributed by atoms with E-state index in [9.17, 15) is 9.59 Å². The molecule has 0 aliphatic carbocycles. The van der Waals surface area contributed by atoms with E-state index in [1.54, 1.807) is 0 Å². The zero-order chi connectivity index (χ0) is 16.7. The zero-order valence-corrected chi connectivity index (χ0v) is 15.3. The fourth-order valence-electron chi connectivity index (χ4n) is 3.01. The summed E-state index contributed by atoms with van der Waals surface area (Å²) >= 11 is 0. The first kappa shape index (κ1) is 17.3. The Bertz CT molecular complexity index is 581. The van der Waals surface area contributed by atoms with Crippen LogP contribution in [-0.2, 0) is 4.79 Å². The van der Waals surface area contributed by atoms with E-state index in [2.05, 4.69) is 13.8 Å². The maximum absolute atomic E-state index is 12.8. The van der Waals surface area contributed by atoms with Crippen molar-refractivity contribution in [3.8, 4) is 0 Å². The summed E-state index contributed by atoms with van der Waals surface area (Å²) in [5, 5.41) is -0.167. The molecule has 1 heterocycles. The van der Waals surface area contributed by atoms with Gasteiger partial charge in [-0.15, -0.1) is 0 Å². The lowest BCUT2D eigenvalue weighted by Crippen LogP contribution is -2.41. The number of amides is 1. The minimum atomic E-state index is -2.29. The SMILES string of the molecule is [B]c1ccc(N2CCC(CC(C)(C)[Si](C)(C)O)C2=O)c(C)c1. The smallest absolute Gasteiger partial charge is 0.230 e. The Balaban J connectivity index is 2.17. The topological polar surface area (TPSA) is 40.5 Å². The second kappa shape index (κ2) is 5.85. The number of hydrogen-bond donors (Lipinski definition) is 1. The Morgan fingerprint density at radius 2 is 2.05 bits per heavy atom. The summed E-state index contributed by atoms with van der Waals surface area (Å²) < 4.78 is 0. The van der Waals surface area contributed by atoms with E-state index in [0.717, 1.165) is 36.1 Å². The second-order valence-corrected chi connectivity index (χ2v) is 12.1. The van der Waals surface area contributed by atoms with Crippen LogP contribution in [0.1, 0.15) is 32.3 Å². The van der Waals surface area contributed by atoms with Crippen molar-refractivity contribution in [1.82, 2.24) is 0 Å². The lowest BCUT2D eigenvalue weighted by Gasteiger charge is -2.36. The molecule has 118 valence electrons. The summed E-state index contributed by atoms with van der Waals surface area (Å²) in [5.41, 5.74) is 2.71. The van der Waals surface area contributed by atoms with Gasteiger partial charge in [0.05, 0.1) is 0 Å². The Morgan fingerprint density at radius 1 is 1.41 bits per heavy atom. The third kappa shape index (κ3) is 3.30. The number of carbonyl (C=O) groups is 1. The largest absolute Gasteiger partial charge is 0.432 e. The van der Waals surface area contributed by atoms with E-state index >= 15 is 0 Å². The van der Waals surface area contributed by atoms with Crippen LogP contribution in [0.4, 0.5) is 5.69 Å². The summed E-state index contributed by atoms with van der Waals surface area (Å²) in [6, 6.07) is 5.68. The Hall–Kier alpha value is -1.07. The van der Waals surface area contributed by atoms with Gasteiger partial charge in [0.15, 0.2) is 8.32 Å². The lowest BCUT2D eigenvalue weighted by molar-refractivity contribution is -0.120. The van der Waals surface area contributed by atoms with Crippen molar-refractivity contribution >= 4 is 33.2 Å². The van der Waals surface area contributed by atoms with Gasteiger partial charge in [-0.2, -0.15) is 0 Å². The van der Waals surface area contributed by atoms with Gasteiger partial charge in [0, 0.05) is 18.2 Å². The molecule has 1 fully saturated rings. The van der Waals surface area contributed by atoms with Crippen molar-refractivity contribution in [2.24, 2.45) is 5.92 Å². The molecule has 1 aliphatic heterocycles. The van der Waals surface area contributed by atoms with E-state index in [0.29, 0.717) is 0 Å². The van der Waals surface area contributed by atoms with Gasteiger partial charge >= 0.3 is 0 Å². The molecule has 1 aromatic rings. The molecule has 1 N–H and O–H groups in total. The maximum atomic E-state index is 12.8.